The summed E-state index contributed by atoms with van der Waals surface area (Å²) in [6, 6.07) is 13.7. The molecular formula is C20H16ClN3O2. The smallest absolute Gasteiger partial charge is 0.261 e. The van der Waals surface area contributed by atoms with Crippen LogP contribution in [-0.4, -0.2) is 10.5 Å². The Kier molecular flexibility index (Phi) is 4.79. The Morgan fingerprint density at radius 2 is 1.96 bits per heavy atom. The van der Waals surface area contributed by atoms with Crippen molar-refractivity contribution < 1.29 is 4.79 Å². The van der Waals surface area contributed by atoms with E-state index in [9.17, 15) is 9.59 Å². The highest BCUT2D eigenvalue weighted by Gasteiger charge is 2.18. The Balaban J connectivity index is 2.15. The van der Waals surface area contributed by atoms with E-state index in [1.54, 1.807) is 48.7 Å². The molecule has 130 valence electrons. The van der Waals surface area contributed by atoms with Crippen LogP contribution in [0.1, 0.15) is 35.8 Å². The maximum Gasteiger partial charge on any atom is 0.261 e. The second-order valence-corrected chi connectivity index (χ2v) is 6.58. The lowest BCUT2D eigenvalue weighted by molar-refractivity contribution is 0.102. The van der Waals surface area contributed by atoms with Crippen molar-refractivity contribution in [2.75, 3.05) is 5.32 Å². The summed E-state index contributed by atoms with van der Waals surface area (Å²) < 4.78 is 1.86. The minimum absolute atomic E-state index is 0.00112. The van der Waals surface area contributed by atoms with Gasteiger partial charge in [-0.1, -0.05) is 23.7 Å². The second kappa shape index (κ2) is 7.03. The first kappa shape index (κ1) is 17.7. The lowest BCUT2D eigenvalue weighted by Crippen LogP contribution is -2.24. The molecule has 0 saturated carbocycles. The lowest BCUT2D eigenvalue weighted by atomic mass is 10.1. The van der Waals surface area contributed by atoms with Crippen LogP contribution in [-0.2, 0) is 0 Å². The van der Waals surface area contributed by atoms with Gasteiger partial charge in [0.05, 0.1) is 16.8 Å². The van der Waals surface area contributed by atoms with Crippen LogP contribution in [0.3, 0.4) is 0 Å². The second-order valence-electron chi connectivity index (χ2n) is 6.15. The molecule has 1 aromatic heterocycles. The number of halogens is 1. The molecule has 0 fully saturated rings. The third-order valence-corrected chi connectivity index (χ3v) is 4.33. The lowest BCUT2D eigenvalue weighted by Gasteiger charge is -2.17. The topological polar surface area (TPSA) is 74.9 Å². The van der Waals surface area contributed by atoms with Gasteiger partial charge in [0, 0.05) is 22.6 Å². The molecule has 1 heterocycles. The zero-order valence-corrected chi connectivity index (χ0v) is 15.0. The molecular weight excluding hydrogens is 350 g/mol. The summed E-state index contributed by atoms with van der Waals surface area (Å²) in [7, 11) is 0. The fourth-order valence-electron chi connectivity index (χ4n) is 2.80. The van der Waals surface area contributed by atoms with Gasteiger partial charge in [0.25, 0.3) is 5.91 Å². The largest absolute Gasteiger partial charge is 0.344 e. The SMILES string of the molecule is CC(C)n1cc(C(=O)Nc2ccccc2C#N)c(=O)c2cc(Cl)ccc21. The highest BCUT2D eigenvalue weighted by molar-refractivity contribution is 6.31. The number of nitriles is 1. The average molecular weight is 366 g/mol. The molecule has 26 heavy (non-hydrogen) atoms. The Morgan fingerprint density at radius 3 is 2.65 bits per heavy atom. The Labute approximate surface area is 155 Å². The number of nitrogens with one attached hydrogen (secondary N) is 1. The van der Waals surface area contributed by atoms with Gasteiger partial charge in [-0.15, -0.1) is 0 Å². The Morgan fingerprint density at radius 1 is 1.23 bits per heavy atom. The van der Waals surface area contributed by atoms with Crippen LogP contribution in [0.4, 0.5) is 5.69 Å². The van der Waals surface area contributed by atoms with Gasteiger partial charge in [0.2, 0.25) is 5.43 Å². The number of benzene rings is 2. The zero-order valence-electron chi connectivity index (χ0n) is 14.3. The summed E-state index contributed by atoms with van der Waals surface area (Å²) >= 11 is 6.04. The Bertz CT molecular complexity index is 1110. The summed E-state index contributed by atoms with van der Waals surface area (Å²) in [6.45, 7) is 3.93. The van der Waals surface area contributed by atoms with E-state index in [4.69, 9.17) is 16.9 Å². The first-order valence-corrected chi connectivity index (χ1v) is 8.45. The number of carbonyl (C=O) groups is 1. The molecule has 1 amide bonds. The van der Waals surface area contributed by atoms with Gasteiger partial charge >= 0.3 is 0 Å². The molecule has 0 atom stereocenters. The molecule has 1 N–H and O–H groups in total. The van der Waals surface area contributed by atoms with Gasteiger partial charge in [0.15, 0.2) is 0 Å². The molecule has 0 aliphatic carbocycles. The average Bonchev–Trinajstić information content (AvgIpc) is 2.62. The Hall–Kier alpha value is -3.10. The first-order chi connectivity index (χ1) is 12.4. The number of para-hydroxylation sites is 1. The number of hydrogen-bond acceptors (Lipinski definition) is 3. The molecule has 0 aliphatic heterocycles. The highest BCUT2D eigenvalue weighted by atomic mass is 35.5. The molecule has 0 bridgehead atoms. The van der Waals surface area contributed by atoms with E-state index in [1.807, 2.05) is 24.5 Å². The van der Waals surface area contributed by atoms with Crippen LogP contribution in [0.15, 0.2) is 53.5 Å². The van der Waals surface area contributed by atoms with Gasteiger partial charge < -0.3 is 9.88 Å². The number of hydrogen-bond donors (Lipinski definition) is 1. The maximum atomic E-state index is 12.8. The van der Waals surface area contributed by atoms with Gasteiger partial charge in [-0.25, -0.2) is 0 Å². The van der Waals surface area contributed by atoms with E-state index in [-0.39, 0.29) is 11.6 Å². The van der Waals surface area contributed by atoms with E-state index < -0.39 is 11.3 Å². The fraction of sp³-hybridized carbons (Fsp3) is 0.150. The monoisotopic (exact) mass is 365 g/mol. The summed E-state index contributed by atoms with van der Waals surface area (Å²) in [5.41, 5.74) is 1.01. The molecule has 3 rings (SSSR count). The van der Waals surface area contributed by atoms with E-state index in [0.29, 0.717) is 27.2 Å². The molecule has 0 unspecified atom stereocenters. The van der Waals surface area contributed by atoms with Gasteiger partial charge in [-0.2, -0.15) is 5.26 Å². The van der Waals surface area contributed by atoms with Crippen molar-refractivity contribution in [1.82, 2.24) is 4.57 Å². The van der Waals surface area contributed by atoms with Crippen LogP contribution >= 0.6 is 11.6 Å². The molecule has 0 spiro atoms. The van der Waals surface area contributed by atoms with Gasteiger partial charge in [-0.05, 0) is 44.2 Å². The van der Waals surface area contributed by atoms with E-state index in [0.717, 1.165) is 0 Å². The van der Waals surface area contributed by atoms with E-state index in [1.165, 1.54) is 0 Å². The molecule has 2 aromatic carbocycles. The number of rotatable bonds is 3. The summed E-state index contributed by atoms with van der Waals surface area (Å²) in [5, 5.41) is 12.6. The van der Waals surface area contributed by atoms with Crippen molar-refractivity contribution in [1.29, 1.82) is 5.26 Å². The quantitative estimate of drug-likeness (QED) is 0.749. The van der Waals surface area contributed by atoms with Gasteiger partial charge in [0.1, 0.15) is 11.6 Å². The normalized spacial score (nSPS) is 10.7. The molecule has 3 aromatic rings. The summed E-state index contributed by atoms with van der Waals surface area (Å²) in [4.78, 5) is 25.6. The number of aromatic nitrogens is 1. The third-order valence-electron chi connectivity index (χ3n) is 4.09. The number of nitrogens with zero attached hydrogens (tertiary/aromatic N) is 2. The fourth-order valence-corrected chi connectivity index (χ4v) is 2.97. The number of pyridine rings is 1. The van der Waals surface area contributed by atoms with Crippen LogP contribution in [0, 0.1) is 11.3 Å². The van der Waals surface area contributed by atoms with Crippen LogP contribution in [0.25, 0.3) is 10.9 Å². The van der Waals surface area contributed by atoms with Crippen LogP contribution < -0.4 is 10.7 Å². The van der Waals surface area contributed by atoms with Crippen molar-refractivity contribution in [3.8, 4) is 6.07 Å². The number of carbonyl (C=O) groups excluding carboxylic acids is 1. The van der Waals surface area contributed by atoms with Crippen molar-refractivity contribution in [3.05, 3.63) is 75.0 Å². The van der Waals surface area contributed by atoms with Crippen LogP contribution in [0.5, 0.6) is 0 Å². The maximum absolute atomic E-state index is 12.8. The zero-order chi connectivity index (χ0) is 18.8. The molecule has 5 nitrogen and oxygen atoms in total. The predicted octanol–water partition coefficient (Wildman–Crippen LogP) is 4.36. The summed E-state index contributed by atoms with van der Waals surface area (Å²) in [6.07, 6.45) is 1.55. The van der Waals surface area contributed by atoms with Crippen LogP contribution in [0.2, 0.25) is 5.02 Å². The minimum atomic E-state index is -0.561. The summed E-state index contributed by atoms with van der Waals surface area (Å²) in [5.74, 6) is -0.561. The first-order valence-electron chi connectivity index (χ1n) is 8.07. The highest BCUT2D eigenvalue weighted by Crippen LogP contribution is 2.21. The number of amides is 1. The van der Waals surface area contributed by atoms with Crippen molar-refractivity contribution in [2.45, 2.75) is 19.9 Å². The molecule has 0 radical (unpaired) electrons. The van der Waals surface area contributed by atoms with Gasteiger partial charge in [-0.3, -0.25) is 9.59 Å². The number of anilines is 1. The molecule has 0 aliphatic rings. The standard InChI is InChI=1S/C20H16ClN3O2/c1-12(2)24-11-16(19(25)15-9-14(21)7-8-18(15)24)20(26)23-17-6-4-3-5-13(17)10-22/h3-9,11-12H,1-2H3,(H,23,26). The number of fused-ring (bicyclic) bond motifs is 1. The van der Waals surface area contributed by atoms with E-state index >= 15 is 0 Å². The van der Waals surface area contributed by atoms with E-state index in [2.05, 4.69) is 5.32 Å². The van der Waals surface area contributed by atoms with Crippen molar-refractivity contribution in [3.63, 3.8) is 0 Å². The van der Waals surface area contributed by atoms with Crippen molar-refractivity contribution in [2.24, 2.45) is 0 Å². The predicted molar refractivity (Wildman–Crippen MR) is 103 cm³/mol. The molecule has 0 saturated heterocycles. The molecule has 6 heteroatoms. The van der Waals surface area contributed by atoms with Crippen molar-refractivity contribution >= 4 is 34.1 Å². The third kappa shape index (κ3) is 3.19. The minimum Gasteiger partial charge on any atom is -0.344 e.